The van der Waals surface area contributed by atoms with Crippen LogP contribution in [0.2, 0.25) is 0 Å². The van der Waals surface area contributed by atoms with Gasteiger partial charge in [-0.05, 0) is 48.8 Å². The molecule has 2 aromatic rings. The van der Waals surface area contributed by atoms with E-state index in [-0.39, 0.29) is 35.2 Å². The SMILES string of the molecule is COC(=O)c1cccc(C(=O)NC(=S)N2CCNC(=O)C2CC(=O)OCCCc2ccccc2)c1. The largest absolute Gasteiger partial charge is 0.466 e. The fraction of sp³-hybridized carbons (Fsp3) is 0.320. The van der Waals surface area contributed by atoms with Crippen LogP contribution < -0.4 is 10.6 Å². The topological polar surface area (TPSA) is 114 Å². The highest BCUT2D eigenvalue weighted by molar-refractivity contribution is 7.80. The van der Waals surface area contributed by atoms with Gasteiger partial charge in [0.05, 0.1) is 25.7 Å². The van der Waals surface area contributed by atoms with Gasteiger partial charge in [-0.25, -0.2) is 4.79 Å². The first-order valence-corrected chi connectivity index (χ1v) is 11.6. The van der Waals surface area contributed by atoms with Gasteiger partial charge in [0.25, 0.3) is 5.91 Å². The number of nitrogens with one attached hydrogen (secondary N) is 2. The molecule has 9 nitrogen and oxygen atoms in total. The summed E-state index contributed by atoms with van der Waals surface area (Å²) < 4.78 is 9.99. The van der Waals surface area contributed by atoms with Crippen LogP contribution in [0.15, 0.2) is 54.6 Å². The lowest BCUT2D eigenvalue weighted by molar-refractivity contribution is -0.147. The van der Waals surface area contributed by atoms with Crippen molar-refractivity contribution in [2.45, 2.75) is 25.3 Å². The lowest BCUT2D eigenvalue weighted by atomic mass is 10.1. The standard InChI is InChI=1S/C25H27N3O6S/c1-33-24(32)19-11-5-10-18(15-19)22(30)27-25(35)28-13-12-26-23(31)20(28)16-21(29)34-14-6-9-17-7-3-2-4-8-17/h2-5,7-8,10-11,15,20H,6,9,12-14,16H2,1H3,(H,26,31)(H,27,30,35). The van der Waals surface area contributed by atoms with Gasteiger partial charge in [0.1, 0.15) is 6.04 Å². The Bertz CT molecular complexity index is 1090. The smallest absolute Gasteiger partial charge is 0.337 e. The number of esters is 2. The highest BCUT2D eigenvalue weighted by Crippen LogP contribution is 2.13. The van der Waals surface area contributed by atoms with Crippen LogP contribution in [0.25, 0.3) is 0 Å². The maximum Gasteiger partial charge on any atom is 0.337 e. The van der Waals surface area contributed by atoms with Gasteiger partial charge in [-0.3, -0.25) is 19.7 Å². The van der Waals surface area contributed by atoms with Gasteiger partial charge in [-0.2, -0.15) is 0 Å². The number of aryl methyl sites for hydroxylation is 1. The first-order valence-electron chi connectivity index (χ1n) is 11.2. The summed E-state index contributed by atoms with van der Waals surface area (Å²) in [5.41, 5.74) is 1.57. The molecule has 0 bridgehead atoms. The number of rotatable bonds is 8. The molecule has 1 saturated heterocycles. The monoisotopic (exact) mass is 497 g/mol. The zero-order chi connectivity index (χ0) is 25.2. The molecule has 10 heteroatoms. The maximum absolute atomic E-state index is 12.7. The quantitative estimate of drug-likeness (QED) is 0.323. The fourth-order valence-electron chi connectivity index (χ4n) is 3.63. The molecule has 1 aliphatic rings. The molecule has 0 spiro atoms. The summed E-state index contributed by atoms with van der Waals surface area (Å²) in [7, 11) is 1.25. The van der Waals surface area contributed by atoms with Crippen molar-refractivity contribution in [3.63, 3.8) is 0 Å². The van der Waals surface area contributed by atoms with Gasteiger partial charge < -0.3 is 19.7 Å². The van der Waals surface area contributed by atoms with E-state index in [9.17, 15) is 19.2 Å². The van der Waals surface area contributed by atoms with Crippen molar-refractivity contribution >= 4 is 41.1 Å². The minimum absolute atomic E-state index is 0.00944. The van der Waals surface area contributed by atoms with E-state index in [1.807, 2.05) is 30.3 Å². The molecule has 2 amide bonds. The minimum atomic E-state index is -0.903. The van der Waals surface area contributed by atoms with Crippen molar-refractivity contribution in [1.29, 1.82) is 0 Å². The van der Waals surface area contributed by atoms with Crippen LogP contribution in [0.3, 0.4) is 0 Å². The van der Waals surface area contributed by atoms with Crippen LogP contribution >= 0.6 is 12.2 Å². The minimum Gasteiger partial charge on any atom is -0.466 e. The van der Waals surface area contributed by atoms with E-state index >= 15 is 0 Å². The molecular weight excluding hydrogens is 470 g/mol. The van der Waals surface area contributed by atoms with Crippen molar-refractivity contribution in [2.24, 2.45) is 0 Å². The highest BCUT2D eigenvalue weighted by Gasteiger charge is 2.34. The van der Waals surface area contributed by atoms with E-state index in [4.69, 9.17) is 17.0 Å². The second kappa shape index (κ2) is 12.6. The molecule has 0 aromatic heterocycles. The van der Waals surface area contributed by atoms with Crippen molar-refractivity contribution in [1.82, 2.24) is 15.5 Å². The van der Waals surface area contributed by atoms with E-state index in [2.05, 4.69) is 15.4 Å². The van der Waals surface area contributed by atoms with Crippen LogP contribution in [0.1, 0.15) is 39.1 Å². The Balaban J connectivity index is 1.55. The van der Waals surface area contributed by atoms with Crippen molar-refractivity contribution in [3.8, 4) is 0 Å². The van der Waals surface area contributed by atoms with Crippen molar-refractivity contribution in [3.05, 3.63) is 71.3 Å². The number of benzene rings is 2. The molecule has 35 heavy (non-hydrogen) atoms. The first-order chi connectivity index (χ1) is 16.9. The third-order valence-electron chi connectivity index (χ3n) is 5.43. The molecule has 184 valence electrons. The predicted octanol–water partition coefficient (Wildman–Crippen LogP) is 1.85. The Labute approximate surface area is 208 Å². The molecule has 1 heterocycles. The molecule has 0 aliphatic carbocycles. The Morgan fingerprint density at radius 3 is 2.60 bits per heavy atom. The van der Waals surface area contributed by atoms with E-state index in [1.165, 1.54) is 30.2 Å². The Morgan fingerprint density at radius 1 is 1.11 bits per heavy atom. The van der Waals surface area contributed by atoms with E-state index in [0.29, 0.717) is 19.5 Å². The number of nitrogens with zero attached hydrogens (tertiary/aromatic N) is 1. The fourth-order valence-corrected chi connectivity index (χ4v) is 3.94. The molecular formula is C25H27N3O6S. The van der Waals surface area contributed by atoms with Gasteiger partial charge in [-0.1, -0.05) is 36.4 Å². The Morgan fingerprint density at radius 2 is 1.86 bits per heavy atom. The molecule has 3 rings (SSSR count). The summed E-state index contributed by atoms with van der Waals surface area (Å²) in [6, 6.07) is 14.9. The van der Waals surface area contributed by atoms with Crippen molar-refractivity contribution in [2.75, 3.05) is 26.8 Å². The number of thiocarbonyl (C=S) groups is 1. The maximum atomic E-state index is 12.7. The zero-order valence-electron chi connectivity index (χ0n) is 19.3. The average molecular weight is 498 g/mol. The van der Waals surface area contributed by atoms with E-state index in [0.717, 1.165) is 12.0 Å². The van der Waals surface area contributed by atoms with E-state index in [1.54, 1.807) is 6.07 Å². The number of amides is 2. The van der Waals surface area contributed by atoms with Crippen LogP contribution in [0, 0.1) is 0 Å². The molecule has 1 aliphatic heterocycles. The number of carbonyl (C=O) groups excluding carboxylic acids is 4. The number of carbonyl (C=O) groups is 4. The first kappa shape index (κ1) is 25.8. The normalized spacial score (nSPS) is 15.1. The highest BCUT2D eigenvalue weighted by atomic mass is 32.1. The van der Waals surface area contributed by atoms with Crippen LogP contribution in [-0.2, 0) is 25.5 Å². The molecule has 2 N–H and O–H groups in total. The third kappa shape index (κ3) is 7.35. The summed E-state index contributed by atoms with van der Waals surface area (Å²) in [4.78, 5) is 50.8. The summed E-state index contributed by atoms with van der Waals surface area (Å²) in [6.45, 7) is 0.869. The van der Waals surface area contributed by atoms with E-state index < -0.39 is 23.9 Å². The molecule has 2 aromatic carbocycles. The lowest BCUT2D eigenvalue weighted by Gasteiger charge is -2.36. The number of methoxy groups -OCH3 is 1. The van der Waals surface area contributed by atoms with Crippen molar-refractivity contribution < 1.29 is 28.7 Å². The number of piperazine rings is 1. The second-order valence-corrected chi connectivity index (χ2v) is 8.23. The summed E-state index contributed by atoms with van der Waals surface area (Å²) in [6.07, 6.45) is 1.23. The molecule has 0 radical (unpaired) electrons. The van der Waals surface area contributed by atoms with Gasteiger partial charge in [0, 0.05) is 18.7 Å². The number of hydrogen-bond donors (Lipinski definition) is 2. The van der Waals surface area contributed by atoms with Gasteiger partial charge in [-0.15, -0.1) is 0 Å². The van der Waals surface area contributed by atoms with Crippen LogP contribution in [-0.4, -0.2) is 66.6 Å². The van der Waals surface area contributed by atoms with Crippen LogP contribution in [0.5, 0.6) is 0 Å². The summed E-state index contributed by atoms with van der Waals surface area (Å²) in [5.74, 6) is -2.02. The Hall–Kier alpha value is -3.79. The van der Waals surface area contributed by atoms with Gasteiger partial charge in [0.2, 0.25) is 5.91 Å². The van der Waals surface area contributed by atoms with Gasteiger partial charge in [0.15, 0.2) is 5.11 Å². The second-order valence-electron chi connectivity index (χ2n) is 7.85. The average Bonchev–Trinajstić information content (AvgIpc) is 2.88. The summed E-state index contributed by atoms with van der Waals surface area (Å²) in [5, 5.41) is 5.30. The Kier molecular flexibility index (Phi) is 9.31. The number of ether oxygens (including phenoxy) is 2. The lowest BCUT2D eigenvalue weighted by Crippen LogP contribution is -2.60. The summed E-state index contributed by atoms with van der Waals surface area (Å²) >= 11 is 5.37. The molecule has 0 saturated carbocycles. The number of hydrogen-bond acceptors (Lipinski definition) is 7. The van der Waals surface area contributed by atoms with Gasteiger partial charge >= 0.3 is 11.9 Å². The predicted molar refractivity (Wildman–Crippen MR) is 132 cm³/mol. The zero-order valence-corrected chi connectivity index (χ0v) is 20.1. The van der Waals surface area contributed by atoms with Crippen LogP contribution in [0.4, 0.5) is 0 Å². The third-order valence-corrected chi connectivity index (χ3v) is 5.77. The molecule has 1 unspecified atom stereocenters. The molecule has 1 atom stereocenters. The molecule has 1 fully saturated rings.